The van der Waals surface area contributed by atoms with Crippen LogP contribution in [0.5, 0.6) is 0 Å². The number of carbonyl (C=O) groups is 1. The van der Waals surface area contributed by atoms with Crippen LogP contribution >= 0.6 is 0 Å². The molecule has 0 saturated heterocycles. The summed E-state index contributed by atoms with van der Waals surface area (Å²) in [6, 6.07) is 9.50. The smallest absolute Gasteiger partial charge is 0.223 e. The van der Waals surface area contributed by atoms with Crippen molar-refractivity contribution in [3.8, 4) is 11.3 Å². The van der Waals surface area contributed by atoms with E-state index in [-0.39, 0.29) is 22.7 Å². The summed E-state index contributed by atoms with van der Waals surface area (Å²) in [5, 5.41) is 3.53. The van der Waals surface area contributed by atoms with Crippen LogP contribution in [0.15, 0.2) is 42.5 Å². The molecule has 0 spiro atoms. The third-order valence-electron chi connectivity index (χ3n) is 6.48. The van der Waals surface area contributed by atoms with Crippen molar-refractivity contribution in [2.24, 2.45) is 11.3 Å². The van der Waals surface area contributed by atoms with Gasteiger partial charge >= 0.3 is 0 Å². The van der Waals surface area contributed by atoms with Gasteiger partial charge < -0.3 is 15.0 Å². The second-order valence-electron chi connectivity index (χ2n) is 9.02. The maximum absolute atomic E-state index is 13.5. The lowest BCUT2D eigenvalue weighted by atomic mass is 9.84. The Labute approximate surface area is 191 Å². The number of ether oxygens (including phenoxy) is 1. The van der Waals surface area contributed by atoms with Gasteiger partial charge in [0.2, 0.25) is 5.91 Å². The summed E-state index contributed by atoms with van der Waals surface area (Å²) in [5.41, 5.74) is 1.87. The van der Waals surface area contributed by atoms with Crippen molar-refractivity contribution in [1.82, 2.24) is 10.3 Å². The van der Waals surface area contributed by atoms with Gasteiger partial charge in [0.1, 0.15) is 17.5 Å². The molecular formula is C26H29F3N2O2. The number of aromatic nitrogens is 1. The highest BCUT2D eigenvalue weighted by Gasteiger charge is 2.43. The van der Waals surface area contributed by atoms with Crippen LogP contribution in [0, 0.1) is 28.8 Å². The molecule has 2 N–H and O–H groups in total. The van der Waals surface area contributed by atoms with Gasteiger partial charge in [-0.05, 0) is 74.6 Å². The standard InChI is InChI=1S/C14H8F3N.C12H21NO2/c15-10-3-1-8(2-4-10)13-6-9-5-11(16)7-12(17)14(9)18-13;1-2-15-9-12(6-7-12)8-13-11(14)10-4-3-5-10/h1-7,18H;10H,2-9H2,1H3,(H,13,14). The molecule has 5 rings (SSSR count). The highest BCUT2D eigenvalue weighted by molar-refractivity contribution is 5.86. The minimum Gasteiger partial charge on any atom is -0.381 e. The Bertz CT molecular complexity index is 1100. The van der Waals surface area contributed by atoms with Gasteiger partial charge in [-0.2, -0.15) is 0 Å². The molecule has 2 aliphatic rings. The molecule has 7 heteroatoms. The molecule has 1 aromatic heterocycles. The highest BCUT2D eigenvalue weighted by atomic mass is 19.1. The van der Waals surface area contributed by atoms with Crippen LogP contribution in [0.1, 0.15) is 39.0 Å². The number of aromatic amines is 1. The Morgan fingerprint density at radius 3 is 2.42 bits per heavy atom. The van der Waals surface area contributed by atoms with Crippen LogP contribution in [0.3, 0.4) is 0 Å². The topological polar surface area (TPSA) is 54.1 Å². The molecule has 2 saturated carbocycles. The number of hydrogen-bond donors (Lipinski definition) is 2. The van der Waals surface area contributed by atoms with Crippen molar-refractivity contribution in [1.29, 1.82) is 0 Å². The summed E-state index contributed by atoms with van der Waals surface area (Å²) in [6.45, 7) is 4.43. The normalized spacial score (nSPS) is 16.6. The number of rotatable bonds is 7. The number of benzene rings is 2. The third kappa shape index (κ3) is 5.77. The number of H-pyrrole nitrogens is 1. The molecule has 0 aliphatic heterocycles. The zero-order chi connectivity index (χ0) is 23.4. The van der Waals surface area contributed by atoms with Gasteiger partial charge in [0.15, 0.2) is 0 Å². The summed E-state index contributed by atoms with van der Waals surface area (Å²) < 4.78 is 44.8. The van der Waals surface area contributed by atoms with E-state index in [4.69, 9.17) is 4.74 Å². The maximum atomic E-state index is 13.5. The SMILES string of the molecule is CCOCC1(CNC(=O)C2CCC2)CC1.Fc1ccc(-c2cc3cc(F)cc(F)c3[nH]2)cc1. The molecule has 1 heterocycles. The average molecular weight is 459 g/mol. The second kappa shape index (κ2) is 10.00. The molecule has 4 nitrogen and oxygen atoms in total. The first kappa shape index (κ1) is 23.4. The van der Waals surface area contributed by atoms with Crippen molar-refractivity contribution >= 4 is 16.8 Å². The molecule has 2 fully saturated rings. The van der Waals surface area contributed by atoms with Gasteiger partial charge in [-0.15, -0.1) is 0 Å². The van der Waals surface area contributed by atoms with Crippen LogP contribution in [0.25, 0.3) is 22.2 Å². The van der Waals surface area contributed by atoms with Crippen molar-refractivity contribution in [2.45, 2.75) is 39.0 Å². The van der Waals surface area contributed by atoms with E-state index in [1.165, 1.54) is 37.5 Å². The fraction of sp³-hybridized carbons (Fsp3) is 0.423. The second-order valence-corrected chi connectivity index (χ2v) is 9.02. The van der Waals surface area contributed by atoms with Gasteiger partial charge in [-0.3, -0.25) is 4.79 Å². The molecule has 0 bridgehead atoms. The molecule has 176 valence electrons. The summed E-state index contributed by atoms with van der Waals surface area (Å²) in [4.78, 5) is 14.5. The first-order valence-electron chi connectivity index (χ1n) is 11.5. The highest BCUT2D eigenvalue weighted by Crippen LogP contribution is 2.45. The van der Waals surface area contributed by atoms with E-state index < -0.39 is 11.6 Å². The van der Waals surface area contributed by atoms with Crippen molar-refractivity contribution in [3.05, 3.63) is 59.9 Å². The van der Waals surface area contributed by atoms with Crippen LogP contribution in [0.2, 0.25) is 0 Å². The van der Waals surface area contributed by atoms with Gasteiger partial charge in [0, 0.05) is 41.6 Å². The van der Waals surface area contributed by atoms with Crippen LogP contribution in [-0.2, 0) is 9.53 Å². The molecular weight excluding hydrogens is 429 g/mol. The van der Waals surface area contributed by atoms with Crippen LogP contribution in [0.4, 0.5) is 13.2 Å². The molecule has 1 amide bonds. The van der Waals surface area contributed by atoms with E-state index >= 15 is 0 Å². The Hall–Kier alpha value is -2.80. The summed E-state index contributed by atoms with van der Waals surface area (Å²) in [5.74, 6) is -1.02. The minimum atomic E-state index is -0.640. The molecule has 0 unspecified atom stereocenters. The van der Waals surface area contributed by atoms with E-state index in [9.17, 15) is 18.0 Å². The van der Waals surface area contributed by atoms with Crippen LogP contribution in [-0.4, -0.2) is 30.6 Å². The lowest BCUT2D eigenvalue weighted by molar-refractivity contribution is -0.127. The number of carbonyl (C=O) groups excluding carboxylic acids is 1. The first-order chi connectivity index (χ1) is 15.9. The Balaban J connectivity index is 0.000000160. The first-order valence-corrected chi connectivity index (χ1v) is 11.5. The van der Waals surface area contributed by atoms with Crippen molar-refractivity contribution in [2.75, 3.05) is 19.8 Å². The summed E-state index contributed by atoms with van der Waals surface area (Å²) >= 11 is 0. The minimum absolute atomic E-state index is 0.246. The zero-order valence-corrected chi connectivity index (χ0v) is 18.7. The third-order valence-corrected chi connectivity index (χ3v) is 6.48. The molecule has 0 atom stereocenters. The summed E-state index contributed by atoms with van der Waals surface area (Å²) in [6.07, 6.45) is 5.81. The Morgan fingerprint density at radius 1 is 1.09 bits per heavy atom. The molecule has 2 aliphatic carbocycles. The van der Waals surface area contributed by atoms with Gasteiger partial charge in [0.25, 0.3) is 0 Å². The van der Waals surface area contributed by atoms with E-state index in [1.54, 1.807) is 18.2 Å². The van der Waals surface area contributed by atoms with E-state index in [1.807, 2.05) is 6.92 Å². The molecule has 2 aromatic carbocycles. The van der Waals surface area contributed by atoms with Crippen LogP contribution < -0.4 is 5.32 Å². The number of halogens is 3. The van der Waals surface area contributed by atoms with Gasteiger partial charge in [-0.1, -0.05) is 6.42 Å². The maximum Gasteiger partial charge on any atom is 0.223 e. The lowest BCUT2D eigenvalue weighted by Gasteiger charge is -2.25. The predicted octanol–water partition coefficient (Wildman–Crippen LogP) is 5.97. The molecule has 0 radical (unpaired) electrons. The van der Waals surface area contributed by atoms with Gasteiger partial charge in [0.05, 0.1) is 12.1 Å². The fourth-order valence-corrected chi connectivity index (χ4v) is 3.91. The monoisotopic (exact) mass is 458 g/mol. The summed E-state index contributed by atoms with van der Waals surface area (Å²) in [7, 11) is 0. The number of nitrogens with one attached hydrogen (secondary N) is 2. The average Bonchev–Trinajstić information content (AvgIpc) is 3.40. The van der Waals surface area contributed by atoms with Gasteiger partial charge in [-0.25, -0.2) is 13.2 Å². The van der Waals surface area contributed by atoms with E-state index in [0.717, 1.165) is 38.7 Å². The molecule has 33 heavy (non-hydrogen) atoms. The van der Waals surface area contributed by atoms with E-state index in [2.05, 4.69) is 10.3 Å². The van der Waals surface area contributed by atoms with Crippen molar-refractivity contribution in [3.63, 3.8) is 0 Å². The zero-order valence-electron chi connectivity index (χ0n) is 18.7. The lowest BCUT2D eigenvalue weighted by Crippen LogP contribution is -2.38. The van der Waals surface area contributed by atoms with E-state index in [0.29, 0.717) is 22.6 Å². The quantitative estimate of drug-likeness (QED) is 0.458. The van der Waals surface area contributed by atoms with Crippen molar-refractivity contribution < 1.29 is 22.7 Å². The predicted molar refractivity (Wildman–Crippen MR) is 122 cm³/mol. The Morgan fingerprint density at radius 2 is 1.82 bits per heavy atom. The number of fused-ring (bicyclic) bond motifs is 1. The largest absolute Gasteiger partial charge is 0.381 e. The fourth-order valence-electron chi connectivity index (χ4n) is 3.91. The number of hydrogen-bond acceptors (Lipinski definition) is 2. The molecule has 3 aromatic rings. The Kier molecular flexibility index (Phi) is 7.08. The number of amides is 1.